The van der Waals surface area contributed by atoms with E-state index in [4.69, 9.17) is 5.84 Å². The highest BCUT2D eigenvalue weighted by Gasteiger charge is 2.20. The maximum atomic E-state index is 13.9. The van der Waals surface area contributed by atoms with Crippen molar-refractivity contribution in [2.75, 3.05) is 0 Å². The molecular formula is C13H11F2N5. The Labute approximate surface area is 113 Å². The summed E-state index contributed by atoms with van der Waals surface area (Å²) in [6, 6.07) is 2.73. The standard InChI is InChI=1S/C13H11F2N5/c14-8-1-2-9(11(15)5-8)13(19-16)10-6-18-20-4-3-17-7-12(10)20/h1-7,13,19H,16H2. The van der Waals surface area contributed by atoms with Crippen LogP contribution in [0.25, 0.3) is 5.52 Å². The summed E-state index contributed by atoms with van der Waals surface area (Å²) in [4.78, 5) is 4.01. The Hall–Kier alpha value is -2.38. The highest BCUT2D eigenvalue weighted by atomic mass is 19.1. The highest BCUT2D eigenvalue weighted by Crippen LogP contribution is 2.27. The lowest BCUT2D eigenvalue weighted by molar-refractivity contribution is 0.542. The fraction of sp³-hybridized carbons (Fsp3) is 0.0769. The summed E-state index contributed by atoms with van der Waals surface area (Å²) >= 11 is 0. The molecule has 0 aliphatic heterocycles. The second-order valence-electron chi connectivity index (χ2n) is 4.27. The van der Waals surface area contributed by atoms with Gasteiger partial charge in [-0.1, -0.05) is 6.07 Å². The average molecular weight is 275 g/mol. The van der Waals surface area contributed by atoms with Gasteiger partial charge >= 0.3 is 0 Å². The first kappa shape index (κ1) is 12.6. The van der Waals surface area contributed by atoms with Crippen molar-refractivity contribution in [3.05, 3.63) is 65.7 Å². The van der Waals surface area contributed by atoms with Crippen LogP contribution in [-0.2, 0) is 0 Å². The molecule has 0 amide bonds. The molecule has 0 aliphatic rings. The zero-order valence-corrected chi connectivity index (χ0v) is 10.3. The normalized spacial score (nSPS) is 12.8. The number of nitrogens with two attached hydrogens (primary N) is 1. The third-order valence-corrected chi connectivity index (χ3v) is 3.11. The molecule has 0 bridgehead atoms. The Balaban J connectivity index is 2.14. The summed E-state index contributed by atoms with van der Waals surface area (Å²) in [5.41, 5.74) is 4.12. The van der Waals surface area contributed by atoms with Crippen LogP contribution in [-0.4, -0.2) is 14.6 Å². The Morgan fingerprint density at radius 2 is 2.05 bits per heavy atom. The van der Waals surface area contributed by atoms with Gasteiger partial charge in [0, 0.05) is 29.6 Å². The van der Waals surface area contributed by atoms with Crippen LogP contribution >= 0.6 is 0 Å². The van der Waals surface area contributed by atoms with Gasteiger partial charge in [-0.3, -0.25) is 10.8 Å². The SMILES string of the molecule is NNC(c1ccc(F)cc1F)c1cnn2ccncc12. The molecule has 0 fully saturated rings. The number of fused-ring (bicyclic) bond motifs is 1. The van der Waals surface area contributed by atoms with E-state index in [-0.39, 0.29) is 5.56 Å². The van der Waals surface area contributed by atoms with Gasteiger partial charge in [0.25, 0.3) is 0 Å². The van der Waals surface area contributed by atoms with Crippen molar-refractivity contribution in [1.29, 1.82) is 0 Å². The Kier molecular flexibility index (Phi) is 3.13. The minimum Gasteiger partial charge on any atom is -0.271 e. The summed E-state index contributed by atoms with van der Waals surface area (Å²) in [5.74, 6) is 4.22. The maximum absolute atomic E-state index is 13.9. The molecule has 20 heavy (non-hydrogen) atoms. The molecule has 3 N–H and O–H groups in total. The second kappa shape index (κ2) is 4.95. The van der Waals surface area contributed by atoms with Crippen molar-refractivity contribution in [2.45, 2.75) is 6.04 Å². The predicted octanol–water partition coefficient (Wildman–Crippen LogP) is 1.56. The quantitative estimate of drug-likeness (QED) is 0.562. The second-order valence-corrected chi connectivity index (χ2v) is 4.27. The number of rotatable bonds is 3. The number of benzene rings is 1. The van der Waals surface area contributed by atoms with Gasteiger partial charge in [-0.05, 0) is 6.07 Å². The Morgan fingerprint density at radius 3 is 2.80 bits per heavy atom. The number of hydrogen-bond acceptors (Lipinski definition) is 4. The van der Waals surface area contributed by atoms with Crippen molar-refractivity contribution in [3.63, 3.8) is 0 Å². The van der Waals surface area contributed by atoms with E-state index in [2.05, 4.69) is 15.5 Å². The molecule has 2 heterocycles. The molecule has 3 aromatic rings. The number of nitrogens with one attached hydrogen (secondary N) is 1. The van der Waals surface area contributed by atoms with Crippen molar-refractivity contribution in [1.82, 2.24) is 20.0 Å². The van der Waals surface area contributed by atoms with E-state index in [9.17, 15) is 8.78 Å². The molecule has 2 aromatic heterocycles. The summed E-state index contributed by atoms with van der Waals surface area (Å²) < 4.78 is 28.5. The molecule has 1 unspecified atom stereocenters. The van der Waals surface area contributed by atoms with Crippen LogP contribution in [0, 0.1) is 11.6 Å². The first-order valence-corrected chi connectivity index (χ1v) is 5.89. The summed E-state index contributed by atoms with van der Waals surface area (Å²) in [5, 5.41) is 4.14. The first-order chi connectivity index (χ1) is 9.70. The zero-order valence-electron chi connectivity index (χ0n) is 10.3. The van der Waals surface area contributed by atoms with Crippen molar-refractivity contribution in [3.8, 4) is 0 Å². The number of hydrogen-bond donors (Lipinski definition) is 2. The molecule has 1 aromatic carbocycles. The first-order valence-electron chi connectivity index (χ1n) is 5.89. The van der Waals surface area contributed by atoms with E-state index >= 15 is 0 Å². The van der Waals surface area contributed by atoms with E-state index in [0.717, 1.165) is 6.07 Å². The third-order valence-electron chi connectivity index (χ3n) is 3.11. The third kappa shape index (κ3) is 2.02. The molecule has 1 atom stereocenters. The molecule has 7 heteroatoms. The van der Waals surface area contributed by atoms with Crippen LogP contribution in [0.15, 0.2) is 43.0 Å². The molecule has 5 nitrogen and oxygen atoms in total. The average Bonchev–Trinajstić information content (AvgIpc) is 2.86. The van der Waals surface area contributed by atoms with Crippen molar-refractivity contribution < 1.29 is 8.78 Å². The van der Waals surface area contributed by atoms with Crippen LogP contribution in [0.1, 0.15) is 17.2 Å². The molecule has 3 rings (SSSR count). The molecule has 0 spiro atoms. The molecule has 0 radical (unpaired) electrons. The van der Waals surface area contributed by atoms with Crippen LogP contribution in [0.2, 0.25) is 0 Å². The summed E-state index contributed by atoms with van der Waals surface area (Å²) in [6.07, 6.45) is 6.44. The summed E-state index contributed by atoms with van der Waals surface area (Å²) in [7, 11) is 0. The zero-order chi connectivity index (χ0) is 14.1. The largest absolute Gasteiger partial charge is 0.271 e. The monoisotopic (exact) mass is 275 g/mol. The number of hydrazine groups is 1. The fourth-order valence-corrected chi connectivity index (χ4v) is 2.16. The molecule has 0 saturated carbocycles. The molecule has 0 saturated heterocycles. The highest BCUT2D eigenvalue weighted by molar-refractivity contribution is 5.55. The predicted molar refractivity (Wildman–Crippen MR) is 68.5 cm³/mol. The topological polar surface area (TPSA) is 68.2 Å². The van der Waals surface area contributed by atoms with E-state index in [0.29, 0.717) is 11.1 Å². The van der Waals surface area contributed by atoms with Gasteiger partial charge in [-0.15, -0.1) is 0 Å². The van der Waals surface area contributed by atoms with Gasteiger partial charge in [-0.2, -0.15) is 5.10 Å². The molecular weight excluding hydrogens is 264 g/mol. The van der Waals surface area contributed by atoms with E-state index in [1.807, 2.05) is 0 Å². The van der Waals surface area contributed by atoms with Crippen LogP contribution < -0.4 is 11.3 Å². The van der Waals surface area contributed by atoms with E-state index in [1.54, 1.807) is 29.3 Å². The minimum absolute atomic E-state index is 0.243. The van der Waals surface area contributed by atoms with Gasteiger partial charge in [0.1, 0.15) is 11.6 Å². The van der Waals surface area contributed by atoms with E-state index < -0.39 is 17.7 Å². The lowest BCUT2D eigenvalue weighted by Crippen LogP contribution is -2.29. The van der Waals surface area contributed by atoms with Gasteiger partial charge in [0.05, 0.1) is 24.0 Å². The van der Waals surface area contributed by atoms with Crippen molar-refractivity contribution in [2.24, 2.45) is 5.84 Å². The van der Waals surface area contributed by atoms with Gasteiger partial charge in [0.2, 0.25) is 0 Å². The van der Waals surface area contributed by atoms with Gasteiger partial charge in [-0.25, -0.2) is 18.7 Å². The fourth-order valence-electron chi connectivity index (χ4n) is 2.16. The van der Waals surface area contributed by atoms with Gasteiger partial charge < -0.3 is 0 Å². The number of aromatic nitrogens is 3. The Morgan fingerprint density at radius 1 is 1.20 bits per heavy atom. The Bertz CT molecular complexity index is 755. The van der Waals surface area contributed by atoms with Crippen LogP contribution in [0.5, 0.6) is 0 Å². The van der Waals surface area contributed by atoms with Crippen LogP contribution in [0.4, 0.5) is 8.78 Å². The summed E-state index contributed by atoms with van der Waals surface area (Å²) in [6.45, 7) is 0. The van der Waals surface area contributed by atoms with E-state index in [1.165, 1.54) is 12.1 Å². The van der Waals surface area contributed by atoms with Crippen molar-refractivity contribution >= 4 is 5.52 Å². The number of nitrogens with zero attached hydrogens (tertiary/aromatic N) is 3. The van der Waals surface area contributed by atoms with Gasteiger partial charge in [0.15, 0.2) is 0 Å². The lowest BCUT2D eigenvalue weighted by atomic mass is 10.0. The number of halogens is 2. The smallest absolute Gasteiger partial charge is 0.131 e. The lowest BCUT2D eigenvalue weighted by Gasteiger charge is -2.16. The minimum atomic E-state index is -0.670. The maximum Gasteiger partial charge on any atom is 0.131 e. The molecule has 102 valence electrons. The van der Waals surface area contributed by atoms with Crippen LogP contribution in [0.3, 0.4) is 0 Å². The molecule has 0 aliphatic carbocycles.